The molecule has 0 aliphatic rings. The Balaban J connectivity index is 4.17. The highest BCUT2D eigenvalue weighted by atomic mass is 16.5. The van der Waals surface area contributed by atoms with E-state index in [4.69, 9.17) is 9.84 Å². The molecule has 0 aromatic rings. The molecule has 0 amide bonds. The highest BCUT2D eigenvalue weighted by Gasteiger charge is 2.15. The first-order valence-electron chi connectivity index (χ1n) is 5.72. The van der Waals surface area contributed by atoms with Crippen LogP contribution in [0.3, 0.4) is 0 Å². The van der Waals surface area contributed by atoms with Crippen molar-refractivity contribution in [2.45, 2.75) is 33.2 Å². The fourth-order valence-electron chi connectivity index (χ4n) is 1.34. The predicted molar refractivity (Wildman–Crippen MR) is 64.2 cm³/mol. The molecule has 0 aromatic heterocycles. The molecule has 0 aromatic carbocycles. The van der Waals surface area contributed by atoms with E-state index in [9.17, 15) is 4.79 Å². The van der Waals surface area contributed by atoms with Crippen molar-refractivity contribution in [1.29, 1.82) is 0 Å². The maximum Gasteiger partial charge on any atom is 0.334 e. The minimum absolute atomic E-state index is 0.162. The Labute approximate surface area is 97.9 Å². The van der Waals surface area contributed by atoms with Gasteiger partial charge in [0.1, 0.15) is 0 Å². The standard InChI is InChI=1S/C12H23NO3/c1-5-16-12(15)11(4)9-13(10(2)3)7-6-8-14/h10,14H,4-9H2,1-3H3. The van der Waals surface area contributed by atoms with Gasteiger partial charge in [0, 0.05) is 31.3 Å². The monoisotopic (exact) mass is 229 g/mol. The molecule has 0 aliphatic heterocycles. The van der Waals surface area contributed by atoms with E-state index in [1.807, 2.05) is 0 Å². The van der Waals surface area contributed by atoms with Crippen molar-refractivity contribution in [1.82, 2.24) is 4.90 Å². The Morgan fingerprint density at radius 2 is 2.12 bits per heavy atom. The van der Waals surface area contributed by atoms with E-state index in [1.54, 1.807) is 6.92 Å². The van der Waals surface area contributed by atoms with E-state index in [1.165, 1.54) is 0 Å². The molecule has 0 spiro atoms. The molecule has 0 bridgehead atoms. The van der Waals surface area contributed by atoms with Crippen LogP contribution in [0.2, 0.25) is 0 Å². The molecule has 0 saturated carbocycles. The van der Waals surface area contributed by atoms with Gasteiger partial charge < -0.3 is 9.84 Å². The number of carbonyl (C=O) groups excluding carboxylic acids is 1. The summed E-state index contributed by atoms with van der Waals surface area (Å²) in [5.74, 6) is -0.336. The van der Waals surface area contributed by atoms with Crippen molar-refractivity contribution in [3.63, 3.8) is 0 Å². The molecular weight excluding hydrogens is 206 g/mol. The molecule has 0 aliphatic carbocycles. The van der Waals surface area contributed by atoms with Gasteiger partial charge in [-0.3, -0.25) is 4.90 Å². The highest BCUT2D eigenvalue weighted by Crippen LogP contribution is 2.05. The van der Waals surface area contributed by atoms with Crippen molar-refractivity contribution >= 4 is 5.97 Å². The van der Waals surface area contributed by atoms with Gasteiger partial charge >= 0.3 is 5.97 Å². The minimum atomic E-state index is -0.336. The zero-order chi connectivity index (χ0) is 12.6. The number of nitrogens with zero attached hydrogens (tertiary/aromatic N) is 1. The van der Waals surface area contributed by atoms with Crippen LogP contribution in [0.5, 0.6) is 0 Å². The van der Waals surface area contributed by atoms with E-state index in [0.29, 0.717) is 31.2 Å². The van der Waals surface area contributed by atoms with Crippen LogP contribution in [-0.2, 0) is 9.53 Å². The summed E-state index contributed by atoms with van der Waals surface area (Å²) in [7, 11) is 0. The third kappa shape index (κ3) is 5.88. The van der Waals surface area contributed by atoms with Crippen LogP contribution in [0.1, 0.15) is 27.2 Å². The van der Waals surface area contributed by atoms with Gasteiger partial charge in [0.25, 0.3) is 0 Å². The topological polar surface area (TPSA) is 49.8 Å². The van der Waals surface area contributed by atoms with E-state index >= 15 is 0 Å². The number of ether oxygens (including phenoxy) is 1. The molecule has 1 N–H and O–H groups in total. The first-order chi connectivity index (χ1) is 7.52. The summed E-state index contributed by atoms with van der Waals surface area (Å²) in [5, 5.41) is 8.78. The lowest BCUT2D eigenvalue weighted by atomic mass is 10.2. The van der Waals surface area contributed by atoms with Crippen LogP contribution >= 0.6 is 0 Å². The Morgan fingerprint density at radius 3 is 2.56 bits per heavy atom. The Kier molecular flexibility index (Phi) is 7.85. The second kappa shape index (κ2) is 8.30. The van der Waals surface area contributed by atoms with Crippen LogP contribution in [0.4, 0.5) is 0 Å². The maximum absolute atomic E-state index is 11.4. The molecule has 0 radical (unpaired) electrons. The number of hydrogen-bond acceptors (Lipinski definition) is 4. The largest absolute Gasteiger partial charge is 0.463 e. The summed E-state index contributed by atoms with van der Waals surface area (Å²) in [6, 6.07) is 0.317. The fraction of sp³-hybridized carbons (Fsp3) is 0.750. The minimum Gasteiger partial charge on any atom is -0.463 e. The zero-order valence-corrected chi connectivity index (χ0v) is 10.5. The predicted octanol–water partition coefficient (Wildman–Crippen LogP) is 1.20. The molecule has 0 rings (SSSR count). The first-order valence-corrected chi connectivity index (χ1v) is 5.72. The number of rotatable bonds is 8. The average Bonchev–Trinajstić information content (AvgIpc) is 2.23. The van der Waals surface area contributed by atoms with Crippen molar-refractivity contribution < 1.29 is 14.6 Å². The quantitative estimate of drug-likeness (QED) is 0.502. The van der Waals surface area contributed by atoms with Gasteiger partial charge in [-0.25, -0.2) is 4.79 Å². The molecule has 0 atom stereocenters. The van der Waals surface area contributed by atoms with E-state index < -0.39 is 0 Å². The molecule has 4 heteroatoms. The molecule has 0 saturated heterocycles. The molecule has 0 unspecified atom stereocenters. The number of aliphatic hydroxyl groups excluding tert-OH is 1. The Morgan fingerprint density at radius 1 is 1.50 bits per heavy atom. The molecule has 4 nitrogen and oxygen atoms in total. The molecule has 94 valence electrons. The van der Waals surface area contributed by atoms with Crippen LogP contribution in [0.15, 0.2) is 12.2 Å². The van der Waals surface area contributed by atoms with Gasteiger partial charge in [-0.2, -0.15) is 0 Å². The van der Waals surface area contributed by atoms with E-state index in [0.717, 1.165) is 6.54 Å². The summed E-state index contributed by atoms with van der Waals surface area (Å²) >= 11 is 0. The van der Waals surface area contributed by atoms with Crippen molar-refractivity contribution in [3.8, 4) is 0 Å². The second-order valence-corrected chi connectivity index (χ2v) is 3.97. The smallest absolute Gasteiger partial charge is 0.334 e. The third-order valence-electron chi connectivity index (χ3n) is 2.29. The lowest BCUT2D eigenvalue weighted by molar-refractivity contribution is -0.138. The average molecular weight is 229 g/mol. The van der Waals surface area contributed by atoms with Gasteiger partial charge in [0.15, 0.2) is 0 Å². The van der Waals surface area contributed by atoms with Crippen molar-refractivity contribution in [3.05, 3.63) is 12.2 Å². The van der Waals surface area contributed by atoms with Crippen molar-refractivity contribution in [2.75, 3.05) is 26.3 Å². The van der Waals surface area contributed by atoms with Gasteiger partial charge in [0.05, 0.1) is 6.61 Å². The van der Waals surface area contributed by atoms with Crippen LogP contribution in [0.25, 0.3) is 0 Å². The lowest BCUT2D eigenvalue weighted by Gasteiger charge is -2.26. The van der Waals surface area contributed by atoms with Crippen LogP contribution in [0, 0.1) is 0 Å². The molecule has 16 heavy (non-hydrogen) atoms. The summed E-state index contributed by atoms with van der Waals surface area (Å²) in [5.41, 5.74) is 0.466. The van der Waals surface area contributed by atoms with E-state index in [2.05, 4.69) is 25.3 Å². The van der Waals surface area contributed by atoms with Gasteiger partial charge in [-0.05, 0) is 27.2 Å². The van der Waals surface area contributed by atoms with Gasteiger partial charge in [-0.15, -0.1) is 0 Å². The normalized spacial score (nSPS) is 10.9. The summed E-state index contributed by atoms with van der Waals surface area (Å²) in [6.45, 7) is 11.4. The maximum atomic E-state index is 11.4. The van der Waals surface area contributed by atoms with Gasteiger partial charge in [0.2, 0.25) is 0 Å². The molecule has 0 fully saturated rings. The fourth-order valence-corrected chi connectivity index (χ4v) is 1.34. The third-order valence-corrected chi connectivity index (χ3v) is 2.29. The molecular formula is C12H23NO3. The van der Waals surface area contributed by atoms with E-state index in [-0.39, 0.29) is 12.6 Å². The summed E-state index contributed by atoms with van der Waals surface area (Å²) in [4.78, 5) is 13.5. The number of esters is 1. The Hall–Kier alpha value is -0.870. The first kappa shape index (κ1) is 15.1. The lowest BCUT2D eigenvalue weighted by Crippen LogP contribution is -2.35. The SMILES string of the molecule is C=C(CN(CCCO)C(C)C)C(=O)OCC. The number of carbonyl (C=O) groups is 1. The zero-order valence-electron chi connectivity index (χ0n) is 10.5. The highest BCUT2D eigenvalue weighted by molar-refractivity contribution is 5.88. The Bertz CT molecular complexity index is 226. The second-order valence-electron chi connectivity index (χ2n) is 3.97. The van der Waals surface area contributed by atoms with Crippen LogP contribution < -0.4 is 0 Å². The summed E-state index contributed by atoms with van der Waals surface area (Å²) < 4.78 is 4.87. The van der Waals surface area contributed by atoms with Crippen molar-refractivity contribution in [2.24, 2.45) is 0 Å². The van der Waals surface area contributed by atoms with Gasteiger partial charge in [-0.1, -0.05) is 6.58 Å². The number of aliphatic hydroxyl groups is 1. The summed E-state index contributed by atoms with van der Waals surface area (Å²) in [6.07, 6.45) is 0.703. The number of hydrogen-bond donors (Lipinski definition) is 1. The molecule has 0 heterocycles. The van der Waals surface area contributed by atoms with Crippen LogP contribution in [-0.4, -0.2) is 48.3 Å².